The van der Waals surface area contributed by atoms with Crippen molar-refractivity contribution in [3.8, 4) is 0 Å². The maximum atomic E-state index is 2.27. The van der Waals surface area contributed by atoms with Crippen molar-refractivity contribution in [2.45, 2.75) is 27.7 Å². The predicted octanol–water partition coefficient (Wildman–Crippen LogP) is -0.351. The Bertz CT molecular complexity index is 62.0. The van der Waals surface area contributed by atoms with E-state index in [4.69, 9.17) is 0 Å². The highest BCUT2D eigenvalue weighted by Gasteiger charge is 2.16. The molecular weight excluding hydrogens is 224 g/mol. The minimum Gasteiger partial charge on any atom is -1.00 e. The molecule has 0 atom stereocenters. The predicted molar refractivity (Wildman–Crippen MR) is 54.9 cm³/mol. The number of hydrogen-bond acceptors (Lipinski definition) is 0. The van der Waals surface area contributed by atoms with Gasteiger partial charge < -0.3 is 9.19 Å². The first-order chi connectivity index (χ1) is 4.24. The molecule has 0 unspecified atom stereocenters. The lowest BCUT2D eigenvalue weighted by Crippen LogP contribution is -3.00. The van der Waals surface area contributed by atoms with E-state index in [1.165, 1.54) is 30.7 Å². The van der Waals surface area contributed by atoms with E-state index in [1.807, 2.05) is 0 Å². The lowest BCUT2D eigenvalue weighted by Gasteiger charge is -2.34. The van der Waals surface area contributed by atoms with E-state index in [1.54, 1.807) is 0 Å². The van der Waals surface area contributed by atoms with Gasteiger partial charge in [-0.1, -0.05) is 0 Å². The van der Waals surface area contributed by atoms with Crippen LogP contribution in [0, 0.1) is 0 Å². The first-order valence-corrected chi connectivity index (χ1v) is 4.09. The number of halogens is 6. The van der Waals surface area contributed by atoms with Gasteiger partial charge in [0.1, 0.15) is 0 Å². The fourth-order valence-corrected chi connectivity index (χ4v) is 1.34. The van der Waals surface area contributed by atoms with Crippen LogP contribution in [0.25, 0.3) is 0 Å². The minimum atomic E-state index is 0. The lowest BCUT2D eigenvalue weighted by atomic mass is 10.3. The van der Waals surface area contributed by atoms with Crippen molar-refractivity contribution < 1.29 is 32.7 Å². The average molecular weight is 249 g/mol. The summed E-state index contributed by atoms with van der Waals surface area (Å²) in [5.74, 6) is 0. The van der Waals surface area contributed by atoms with Crippen LogP contribution in [-0.4, -0.2) is 30.7 Å². The maximum absolute atomic E-state index is 2.27. The number of hydrogen-bond donors (Lipinski definition) is 0. The first kappa shape index (κ1) is 46.9. The fraction of sp³-hybridized carbons (Fsp3) is 1.00. The molecule has 0 radical (unpaired) electrons. The van der Waals surface area contributed by atoms with Crippen LogP contribution in [0.2, 0.25) is 0 Å². The zero-order valence-corrected chi connectivity index (χ0v) is 9.69. The Morgan fingerprint density at radius 2 is 0.667 bits per heavy atom. The smallest absolute Gasteiger partial charge is 0.0757 e. The van der Waals surface area contributed by atoms with Gasteiger partial charge in [0.25, 0.3) is 0 Å². The van der Waals surface area contributed by atoms with Crippen molar-refractivity contribution in [1.82, 2.24) is 0 Å². The molecule has 0 aliphatic rings. The summed E-state index contributed by atoms with van der Waals surface area (Å²) in [5.41, 5.74) is 0. The van der Waals surface area contributed by atoms with Gasteiger partial charge in [0, 0.05) is 0 Å². The van der Waals surface area contributed by atoms with Gasteiger partial charge in [0.05, 0.1) is 26.2 Å². The molecule has 0 fully saturated rings. The SMILES string of the molecule is CC[N+](CC)(CC)CC.F.F.F.F.F.[F-]. The second-order valence-electron chi connectivity index (χ2n) is 2.61. The minimum absolute atomic E-state index is 0. The third-order valence-corrected chi connectivity index (χ3v) is 2.68. The molecule has 0 aliphatic heterocycles. The highest BCUT2D eigenvalue weighted by atomic mass is 19.0. The Kier molecular flexibility index (Phi) is 73.1. The van der Waals surface area contributed by atoms with Crippen LogP contribution in [0.1, 0.15) is 27.7 Å². The summed E-state index contributed by atoms with van der Waals surface area (Å²) in [5, 5.41) is 0. The summed E-state index contributed by atoms with van der Waals surface area (Å²) in [4.78, 5) is 0. The molecule has 0 rings (SSSR count). The molecule has 0 saturated carbocycles. The molecule has 0 amide bonds. The summed E-state index contributed by atoms with van der Waals surface area (Å²) in [6.07, 6.45) is 0. The van der Waals surface area contributed by atoms with E-state index in [2.05, 4.69) is 27.7 Å². The largest absolute Gasteiger partial charge is 1.00 e. The third-order valence-electron chi connectivity index (χ3n) is 2.68. The van der Waals surface area contributed by atoms with Crippen LogP contribution in [-0.2, 0) is 0 Å². The molecule has 1 nitrogen and oxygen atoms in total. The van der Waals surface area contributed by atoms with Gasteiger partial charge in [0.15, 0.2) is 0 Å². The Balaban J connectivity index is -0.0000000213. The van der Waals surface area contributed by atoms with Gasteiger partial charge in [-0.2, -0.15) is 0 Å². The van der Waals surface area contributed by atoms with Crippen molar-refractivity contribution in [2.24, 2.45) is 0 Å². The van der Waals surface area contributed by atoms with E-state index in [0.717, 1.165) is 0 Å². The molecule has 0 aromatic heterocycles. The monoisotopic (exact) mass is 249 g/mol. The van der Waals surface area contributed by atoms with Gasteiger partial charge in [-0.05, 0) is 27.7 Å². The van der Waals surface area contributed by atoms with Crippen molar-refractivity contribution >= 4 is 0 Å². The van der Waals surface area contributed by atoms with Gasteiger partial charge in [0.2, 0.25) is 0 Å². The quantitative estimate of drug-likeness (QED) is 0.472. The Hall–Kier alpha value is -0.460. The zero-order chi connectivity index (χ0) is 7.33. The molecular formula is C8H25F6N. The molecule has 0 N–H and O–H groups in total. The standard InChI is InChI=1S/C8H20N.6FH/c1-5-9(6-2,7-3)8-4;;;;;;/h5-8H2,1-4H3;6*1H/q+1;;;;;;/p-1. The second kappa shape index (κ2) is 23.4. The van der Waals surface area contributed by atoms with Crippen LogP contribution in [0.5, 0.6) is 0 Å². The number of quaternary nitrogens is 1. The molecule has 0 saturated heterocycles. The van der Waals surface area contributed by atoms with Crippen LogP contribution in [0.3, 0.4) is 0 Å². The highest BCUT2D eigenvalue weighted by Crippen LogP contribution is 2.03. The molecule has 0 aliphatic carbocycles. The summed E-state index contributed by atoms with van der Waals surface area (Å²) in [6.45, 7) is 14.2. The molecule has 104 valence electrons. The zero-order valence-electron chi connectivity index (χ0n) is 9.69. The van der Waals surface area contributed by atoms with Gasteiger partial charge in [-0.25, -0.2) is 0 Å². The van der Waals surface area contributed by atoms with Crippen LogP contribution in [0.4, 0.5) is 23.5 Å². The van der Waals surface area contributed by atoms with Crippen molar-refractivity contribution in [1.29, 1.82) is 0 Å². The van der Waals surface area contributed by atoms with E-state index in [0.29, 0.717) is 0 Å². The fourth-order valence-electron chi connectivity index (χ4n) is 1.34. The van der Waals surface area contributed by atoms with Crippen molar-refractivity contribution in [3.05, 3.63) is 0 Å². The highest BCUT2D eigenvalue weighted by molar-refractivity contribution is 4.31. The molecule has 0 bridgehead atoms. The van der Waals surface area contributed by atoms with Crippen LogP contribution >= 0.6 is 0 Å². The normalized spacial score (nSPS) is 7.20. The molecule has 0 heterocycles. The van der Waals surface area contributed by atoms with Gasteiger partial charge in [-0.3, -0.25) is 23.5 Å². The van der Waals surface area contributed by atoms with Gasteiger partial charge in [-0.15, -0.1) is 0 Å². The summed E-state index contributed by atoms with van der Waals surface area (Å²) >= 11 is 0. The summed E-state index contributed by atoms with van der Waals surface area (Å²) < 4.78 is 1.28. The van der Waals surface area contributed by atoms with Crippen molar-refractivity contribution in [2.75, 3.05) is 26.2 Å². The van der Waals surface area contributed by atoms with E-state index >= 15 is 0 Å². The Labute approximate surface area is 87.6 Å². The molecule has 0 spiro atoms. The molecule has 0 aromatic carbocycles. The van der Waals surface area contributed by atoms with E-state index in [9.17, 15) is 0 Å². The van der Waals surface area contributed by atoms with Crippen LogP contribution < -0.4 is 4.70 Å². The van der Waals surface area contributed by atoms with E-state index in [-0.39, 0.29) is 28.2 Å². The molecule has 7 heteroatoms. The lowest BCUT2D eigenvalue weighted by molar-refractivity contribution is -0.921. The first-order valence-electron chi connectivity index (χ1n) is 4.09. The Morgan fingerprint density at radius 1 is 0.533 bits per heavy atom. The summed E-state index contributed by atoms with van der Waals surface area (Å²) in [7, 11) is 0. The van der Waals surface area contributed by atoms with E-state index < -0.39 is 0 Å². The molecule has 15 heavy (non-hydrogen) atoms. The second-order valence-corrected chi connectivity index (χ2v) is 2.61. The van der Waals surface area contributed by atoms with Crippen LogP contribution in [0.15, 0.2) is 0 Å². The van der Waals surface area contributed by atoms with Crippen molar-refractivity contribution in [3.63, 3.8) is 0 Å². The molecule has 0 aromatic rings. The third kappa shape index (κ3) is 13.5. The number of nitrogens with zero attached hydrogens (tertiary/aromatic N) is 1. The topological polar surface area (TPSA) is 0 Å². The maximum Gasteiger partial charge on any atom is 0.0757 e. The summed E-state index contributed by atoms with van der Waals surface area (Å²) in [6, 6.07) is 0. The number of rotatable bonds is 4. The average Bonchev–Trinajstić information content (AvgIpc) is 1.95. The Morgan fingerprint density at radius 3 is 0.667 bits per heavy atom. The van der Waals surface area contributed by atoms with Gasteiger partial charge >= 0.3 is 0 Å².